The lowest BCUT2D eigenvalue weighted by molar-refractivity contribution is -0.0273. The van der Waals surface area contributed by atoms with E-state index in [1.807, 2.05) is 0 Å². The molecule has 4 fully saturated rings. The van der Waals surface area contributed by atoms with Crippen molar-refractivity contribution in [3.63, 3.8) is 0 Å². The predicted molar refractivity (Wildman–Crippen MR) is 85.4 cm³/mol. The van der Waals surface area contributed by atoms with Gasteiger partial charge in [-0.25, -0.2) is 0 Å². The Kier molecular flexibility index (Phi) is 3.59. The third-order valence-electron chi connectivity index (χ3n) is 6.85. The summed E-state index contributed by atoms with van der Waals surface area (Å²) < 4.78 is 5.56. The number of ether oxygens (including phenoxy) is 1. The van der Waals surface area contributed by atoms with Crippen LogP contribution in [0.1, 0.15) is 52.4 Å². The Morgan fingerprint density at radius 2 is 1.67 bits per heavy atom. The number of nitrogens with zero attached hydrogens (tertiary/aromatic N) is 1. The standard InChI is InChI=1S/C18H32N2O/c1-17(15-3-4-15)13-20(11-14-7-9-21-10-8-14)18(2,12-19-17)16-5-6-16/h14-16,19H,3-13H2,1-2H3. The van der Waals surface area contributed by atoms with Crippen LogP contribution in [0, 0.1) is 17.8 Å². The normalized spacial score (nSPS) is 43.1. The molecule has 3 heteroatoms. The highest BCUT2D eigenvalue weighted by Crippen LogP contribution is 2.48. The average molecular weight is 292 g/mol. The zero-order chi connectivity index (χ0) is 14.5. The molecule has 0 aromatic carbocycles. The summed E-state index contributed by atoms with van der Waals surface area (Å²) in [5.74, 6) is 2.73. The zero-order valence-corrected chi connectivity index (χ0v) is 13.9. The molecule has 0 aromatic rings. The van der Waals surface area contributed by atoms with Crippen molar-refractivity contribution in [1.82, 2.24) is 10.2 Å². The van der Waals surface area contributed by atoms with Gasteiger partial charge in [-0.2, -0.15) is 0 Å². The monoisotopic (exact) mass is 292 g/mol. The number of nitrogens with one attached hydrogen (secondary N) is 1. The fourth-order valence-corrected chi connectivity index (χ4v) is 4.74. The topological polar surface area (TPSA) is 24.5 Å². The Morgan fingerprint density at radius 1 is 1.00 bits per heavy atom. The summed E-state index contributed by atoms with van der Waals surface area (Å²) in [6, 6.07) is 0. The van der Waals surface area contributed by atoms with Crippen LogP contribution in [0.25, 0.3) is 0 Å². The van der Waals surface area contributed by atoms with Gasteiger partial charge in [0.25, 0.3) is 0 Å². The molecule has 0 bridgehead atoms. The van der Waals surface area contributed by atoms with Gasteiger partial charge in [0.2, 0.25) is 0 Å². The average Bonchev–Trinajstić information content (AvgIpc) is 3.35. The second kappa shape index (κ2) is 5.21. The molecule has 1 N–H and O–H groups in total. The van der Waals surface area contributed by atoms with Gasteiger partial charge in [0, 0.05) is 43.9 Å². The van der Waals surface area contributed by atoms with Gasteiger partial charge in [-0.15, -0.1) is 0 Å². The Bertz CT molecular complexity index is 387. The maximum Gasteiger partial charge on any atom is 0.0469 e. The van der Waals surface area contributed by atoms with Crippen LogP contribution >= 0.6 is 0 Å². The number of hydrogen-bond donors (Lipinski definition) is 1. The van der Waals surface area contributed by atoms with Gasteiger partial charge < -0.3 is 10.1 Å². The highest BCUT2D eigenvalue weighted by Gasteiger charge is 2.54. The molecule has 0 amide bonds. The minimum absolute atomic E-state index is 0.375. The van der Waals surface area contributed by atoms with Crippen LogP contribution < -0.4 is 5.32 Å². The Labute approximate surface area is 129 Å². The summed E-state index contributed by atoms with van der Waals surface area (Å²) in [6.07, 6.45) is 8.31. The van der Waals surface area contributed by atoms with Crippen molar-refractivity contribution in [2.24, 2.45) is 17.8 Å². The minimum atomic E-state index is 0.375. The summed E-state index contributed by atoms with van der Waals surface area (Å²) >= 11 is 0. The summed E-state index contributed by atoms with van der Waals surface area (Å²) in [7, 11) is 0. The van der Waals surface area contributed by atoms with Crippen LogP contribution in [0.4, 0.5) is 0 Å². The van der Waals surface area contributed by atoms with E-state index in [1.165, 1.54) is 58.2 Å². The van der Waals surface area contributed by atoms with Gasteiger partial charge in [0.15, 0.2) is 0 Å². The lowest BCUT2D eigenvalue weighted by Gasteiger charge is -2.54. The van der Waals surface area contributed by atoms with E-state index < -0.39 is 0 Å². The third kappa shape index (κ3) is 2.77. The van der Waals surface area contributed by atoms with Crippen LogP contribution in [-0.4, -0.2) is 48.8 Å². The maximum absolute atomic E-state index is 5.56. The van der Waals surface area contributed by atoms with Crippen molar-refractivity contribution in [2.45, 2.75) is 63.5 Å². The van der Waals surface area contributed by atoms with E-state index in [0.29, 0.717) is 11.1 Å². The van der Waals surface area contributed by atoms with Crippen LogP contribution in [0.15, 0.2) is 0 Å². The van der Waals surface area contributed by atoms with Gasteiger partial charge in [-0.3, -0.25) is 4.90 Å². The van der Waals surface area contributed by atoms with Gasteiger partial charge >= 0.3 is 0 Å². The molecule has 120 valence electrons. The smallest absolute Gasteiger partial charge is 0.0469 e. The molecule has 0 spiro atoms. The third-order valence-corrected chi connectivity index (χ3v) is 6.85. The molecule has 2 aliphatic carbocycles. The Morgan fingerprint density at radius 3 is 2.29 bits per heavy atom. The second-order valence-corrected chi connectivity index (χ2v) is 8.61. The van der Waals surface area contributed by atoms with Crippen LogP contribution in [0.3, 0.4) is 0 Å². The molecule has 2 aliphatic heterocycles. The van der Waals surface area contributed by atoms with E-state index in [9.17, 15) is 0 Å². The summed E-state index contributed by atoms with van der Waals surface area (Å²) in [5.41, 5.74) is 0.784. The molecular formula is C18H32N2O. The fourth-order valence-electron chi connectivity index (χ4n) is 4.74. The van der Waals surface area contributed by atoms with Gasteiger partial charge in [-0.05, 0) is 70.1 Å². The van der Waals surface area contributed by atoms with E-state index >= 15 is 0 Å². The molecule has 2 saturated heterocycles. The summed E-state index contributed by atoms with van der Waals surface area (Å²) in [6.45, 7) is 10.8. The SMILES string of the molecule is CC1(C2CC2)CN(CC2CCOCC2)C(C)(C2CC2)CN1. The Balaban J connectivity index is 1.49. The molecule has 2 saturated carbocycles. The Hall–Kier alpha value is -0.120. The second-order valence-electron chi connectivity index (χ2n) is 8.61. The van der Waals surface area contributed by atoms with E-state index in [1.54, 1.807) is 0 Å². The lowest BCUT2D eigenvalue weighted by atomic mass is 9.82. The predicted octanol–water partition coefficient (Wildman–Crippen LogP) is 2.66. The minimum Gasteiger partial charge on any atom is -0.381 e. The molecular weight excluding hydrogens is 260 g/mol. The van der Waals surface area contributed by atoms with E-state index in [4.69, 9.17) is 4.74 Å². The first kappa shape index (κ1) is 14.5. The van der Waals surface area contributed by atoms with Crippen LogP contribution in [0.2, 0.25) is 0 Å². The van der Waals surface area contributed by atoms with Crippen molar-refractivity contribution < 1.29 is 4.74 Å². The summed E-state index contributed by atoms with van der Waals surface area (Å²) in [4.78, 5) is 2.90. The quantitative estimate of drug-likeness (QED) is 0.862. The number of piperazine rings is 1. The first-order chi connectivity index (χ1) is 10.1. The van der Waals surface area contributed by atoms with Crippen molar-refractivity contribution in [2.75, 3.05) is 32.8 Å². The van der Waals surface area contributed by atoms with Crippen molar-refractivity contribution in [3.8, 4) is 0 Å². The lowest BCUT2D eigenvalue weighted by Crippen LogP contribution is -2.70. The van der Waals surface area contributed by atoms with E-state index in [2.05, 4.69) is 24.1 Å². The highest BCUT2D eigenvalue weighted by atomic mass is 16.5. The zero-order valence-electron chi connectivity index (χ0n) is 13.9. The number of rotatable bonds is 4. The molecule has 3 nitrogen and oxygen atoms in total. The molecule has 4 aliphatic rings. The molecule has 2 unspecified atom stereocenters. The molecule has 2 heterocycles. The highest BCUT2D eigenvalue weighted by molar-refractivity contribution is 5.11. The van der Waals surface area contributed by atoms with E-state index in [-0.39, 0.29) is 0 Å². The maximum atomic E-state index is 5.56. The molecule has 4 rings (SSSR count). The first-order valence-corrected chi connectivity index (χ1v) is 9.18. The molecule has 2 atom stereocenters. The molecule has 21 heavy (non-hydrogen) atoms. The van der Waals surface area contributed by atoms with E-state index in [0.717, 1.165) is 31.0 Å². The fraction of sp³-hybridized carbons (Fsp3) is 1.00. The van der Waals surface area contributed by atoms with Crippen LogP contribution in [0.5, 0.6) is 0 Å². The van der Waals surface area contributed by atoms with Crippen molar-refractivity contribution >= 4 is 0 Å². The van der Waals surface area contributed by atoms with Crippen molar-refractivity contribution in [3.05, 3.63) is 0 Å². The van der Waals surface area contributed by atoms with Gasteiger partial charge in [0.1, 0.15) is 0 Å². The molecule has 0 radical (unpaired) electrons. The number of hydrogen-bond acceptors (Lipinski definition) is 3. The largest absolute Gasteiger partial charge is 0.381 e. The van der Waals surface area contributed by atoms with Gasteiger partial charge in [-0.1, -0.05) is 0 Å². The summed E-state index contributed by atoms with van der Waals surface area (Å²) in [5, 5.41) is 3.97. The van der Waals surface area contributed by atoms with Crippen LogP contribution in [-0.2, 0) is 4.74 Å². The van der Waals surface area contributed by atoms with Gasteiger partial charge in [0.05, 0.1) is 0 Å². The first-order valence-electron chi connectivity index (χ1n) is 9.18. The van der Waals surface area contributed by atoms with Crippen molar-refractivity contribution in [1.29, 1.82) is 0 Å². The molecule has 0 aromatic heterocycles.